The highest BCUT2D eigenvalue weighted by Gasteiger charge is 2.46. The van der Waals surface area contributed by atoms with E-state index in [-0.39, 0.29) is 6.71 Å². The van der Waals surface area contributed by atoms with Crippen LogP contribution in [0, 0.1) is 0 Å². The van der Waals surface area contributed by atoms with E-state index in [2.05, 4.69) is 165 Å². The molecule has 0 atom stereocenters. The molecule has 0 radical (unpaired) electrons. The lowest BCUT2D eigenvalue weighted by Gasteiger charge is -2.43. The van der Waals surface area contributed by atoms with Gasteiger partial charge < -0.3 is 19.4 Å². The van der Waals surface area contributed by atoms with Crippen LogP contribution in [0.4, 0.5) is 28.4 Å². The number of hydrogen-bond acceptors (Lipinski definition) is 2. The molecule has 0 saturated carbocycles. The number of anilines is 5. The monoisotopic (exact) mass is 596 g/mol. The molecule has 2 aromatic heterocycles. The smallest absolute Gasteiger partial charge is 0.257 e. The Bertz CT molecular complexity index is 2830. The average Bonchev–Trinajstić information content (AvgIpc) is 3.65. The molecular formula is C42H25BN4. The fourth-order valence-corrected chi connectivity index (χ4v) is 9.12. The number of fused-ring (bicyclic) bond motifs is 8. The van der Waals surface area contributed by atoms with Crippen LogP contribution in [0.25, 0.3) is 55.0 Å². The van der Waals surface area contributed by atoms with Gasteiger partial charge in [-0.05, 0) is 83.1 Å². The number of benzene rings is 7. The molecule has 5 heterocycles. The molecule has 0 fully saturated rings. The Morgan fingerprint density at radius 1 is 0.404 bits per heavy atom. The second-order valence-corrected chi connectivity index (χ2v) is 13.0. The maximum absolute atomic E-state index is 3.89. The number of nitrogens with zero attached hydrogens (tertiary/aromatic N) is 3. The molecule has 47 heavy (non-hydrogen) atoms. The maximum Gasteiger partial charge on any atom is 0.257 e. The summed E-state index contributed by atoms with van der Waals surface area (Å²) < 4.78 is 5.03. The van der Waals surface area contributed by atoms with Gasteiger partial charge in [-0.25, -0.2) is 0 Å². The van der Waals surface area contributed by atoms with Crippen molar-refractivity contribution < 1.29 is 0 Å². The molecule has 0 spiro atoms. The summed E-state index contributed by atoms with van der Waals surface area (Å²) in [5.74, 6) is 0. The first-order chi connectivity index (χ1) is 23.4. The number of rotatable bonds is 2. The normalized spacial score (nSPS) is 13.6. The topological polar surface area (TPSA) is 25.1 Å². The fourth-order valence-electron chi connectivity index (χ4n) is 9.12. The second kappa shape index (κ2) is 8.33. The van der Waals surface area contributed by atoms with Crippen molar-refractivity contribution in [3.8, 4) is 11.4 Å². The van der Waals surface area contributed by atoms with E-state index in [0.29, 0.717) is 0 Å². The highest BCUT2D eigenvalue weighted by Crippen LogP contribution is 2.47. The van der Waals surface area contributed by atoms with Crippen LogP contribution >= 0.6 is 0 Å². The molecule has 216 valence electrons. The largest absolute Gasteiger partial charge is 0.356 e. The second-order valence-electron chi connectivity index (χ2n) is 13.0. The lowest BCUT2D eigenvalue weighted by atomic mass is 9.32. The molecule has 3 aliphatic rings. The summed E-state index contributed by atoms with van der Waals surface area (Å²) in [7, 11) is 0. The number of hydrogen-bond donors (Lipinski definition) is 1. The molecule has 0 bridgehead atoms. The first-order valence-electron chi connectivity index (χ1n) is 16.3. The lowest BCUT2D eigenvalue weighted by Crippen LogP contribution is -2.63. The van der Waals surface area contributed by atoms with Crippen molar-refractivity contribution in [2.45, 2.75) is 0 Å². The van der Waals surface area contributed by atoms with Crippen LogP contribution in [0.1, 0.15) is 0 Å². The first-order valence-corrected chi connectivity index (χ1v) is 16.3. The molecule has 4 nitrogen and oxygen atoms in total. The fraction of sp³-hybridized carbons (Fsp3) is 0. The van der Waals surface area contributed by atoms with Crippen molar-refractivity contribution in [2.24, 2.45) is 0 Å². The molecule has 0 unspecified atom stereocenters. The van der Waals surface area contributed by atoms with Gasteiger partial charge in [0, 0.05) is 61.4 Å². The third kappa shape index (κ3) is 2.79. The quantitative estimate of drug-likeness (QED) is 0.202. The standard InChI is InChI=1S/C42H25BN4/c1-3-11-25(12-4-1)45-32-17-8-7-15-29(32)37-33(45)24-22-27-28-21-23-31-39-42(28)47(41(27)37)36-20-10-19-35-40(36)43(39)38-30(44-31)16-9-18-34(38)46(35)26-13-5-2-6-14-26/h1-24,44H. The summed E-state index contributed by atoms with van der Waals surface area (Å²) in [6.07, 6.45) is 0. The van der Waals surface area contributed by atoms with Gasteiger partial charge in [0.25, 0.3) is 6.71 Å². The Morgan fingerprint density at radius 3 is 1.91 bits per heavy atom. The molecule has 5 heteroatoms. The molecule has 3 aliphatic heterocycles. The summed E-state index contributed by atoms with van der Waals surface area (Å²) in [6, 6.07) is 53.5. The van der Waals surface area contributed by atoms with Gasteiger partial charge in [-0.3, -0.25) is 0 Å². The van der Waals surface area contributed by atoms with Gasteiger partial charge in [0.05, 0.1) is 22.1 Å². The van der Waals surface area contributed by atoms with Crippen LogP contribution in [0.2, 0.25) is 0 Å². The average molecular weight is 597 g/mol. The zero-order chi connectivity index (χ0) is 30.4. The van der Waals surface area contributed by atoms with Crippen molar-refractivity contribution >= 4 is 95.1 Å². The molecule has 0 saturated heterocycles. The number of para-hydroxylation sites is 3. The van der Waals surface area contributed by atoms with Crippen molar-refractivity contribution in [3.05, 3.63) is 146 Å². The van der Waals surface area contributed by atoms with E-state index in [1.54, 1.807) is 0 Å². The highest BCUT2D eigenvalue weighted by atomic mass is 15.2. The molecule has 7 aromatic carbocycles. The van der Waals surface area contributed by atoms with Gasteiger partial charge in [0.2, 0.25) is 0 Å². The summed E-state index contributed by atoms with van der Waals surface area (Å²) in [5, 5.41) is 9.06. The third-order valence-electron chi connectivity index (χ3n) is 10.8. The minimum Gasteiger partial charge on any atom is -0.356 e. The van der Waals surface area contributed by atoms with E-state index in [1.165, 1.54) is 99.8 Å². The molecule has 0 aliphatic carbocycles. The van der Waals surface area contributed by atoms with E-state index in [9.17, 15) is 0 Å². The zero-order valence-electron chi connectivity index (χ0n) is 25.3. The van der Waals surface area contributed by atoms with Crippen molar-refractivity contribution in [2.75, 3.05) is 10.2 Å². The Kier molecular flexibility index (Phi) is 4.27. The minimum absolute atomic E-state index is 0.144. The van der Waals surface area contributed by atoms with Gasteiger partial charge in [0.1, 0.15) is 0 Å². The molecule has 0 amide bonds. The van der Waals surface area contributed by atoms with Crippen molar-refractivity contribution in [1.82, 2.24) is 9.13 Å². The Morgan fingerprint density at radius 2 is 1.06 bits per heavy atom. The summed E-state index contributed by atoms with van der Waals surface area (Å²) >= 11 is 0. The van der Waals surface area contributed by atoms with E-state index < -0.39 is 0 Å². The molecule has 12 rings (SSSR count). The van der Waals surface area contributed by atoms with E-state index >= 15 is 0 Å². The van der Waals surface area contributed by atoms with Crippen LogP contribution in [-0.2, 0) is 0 Å². The highest BCUT2D eigenvalue weighted by molar-refractivity contribution is 7.02. The third-order valence-corrected chi connectivity index (χ3v) is 10.8. The minimum atomic E-state index is 0.144. The molecule has 9 aromatic rings. The van der Waals surface area contributed by atoms with E-state index in [0.717, 1.165) is 0 Å². The van der Waals surface area contributed by atoms with Gasteiger partial charge in [-0.1, -0.05) is 78.9 Å². The van der Waals surface area contributed by atoms with Crippen molar-refractivity contribution in [3.63, 3.8) is 0 Å². The molecule has 1 N–H and O–H groups in total. The zero-order valence-corrected chi connectivity index (χ0v) is 25.3. The van der Waals surface area contributed by atoms with Crippen LogP contribution in [0.3, 0.4) is 0 Å². The van der Waals surface area contributed by atoms with Crippen LogP contribution in [0.5, 0.6) is 0 Å². The van der Waals surface area contributed by atoms with Gasteiger partial charge in [-0.15, -0.1) is 0 Å². The van der Waals surface area contributed by atoms with Crippen molar-refractivity contribution in [1.29, 1.82) is 0 Å². The Hall–Kier alpha value is -6.20. The summed E-state index contributed by atoms with van der Waals surface area (Å²) in [4.78, 5) is 2.47. The van der Waals surface area contributed by atoms with Crippen LogP contribution < -0.4 is 26.6 Å². The number of aromatic nitrogens is 2. The Labute approximate surface area is 270 Å². The SMILES string of the molecule is c1ccc(N2c3cccc4c3B3c5c2cccc5-n2c5c3c(ccc5c3ccc5c(c6ccccc6n5-c5ccccc5)c32)N4)cc1. The van der Waals surface area contributed by atoms with Gasteiger partial charge in [-0.2, -0.15) is 0 Å². The van der Waals surface area contributed by atoms with E-state index in [4.69, 9.17) is 0 Å². The van der Waals surface area contributed by atoms with Gasteiger partial charge >= 0.3 is 0 Å². The van der Waals surface area contributed by atoms with Crippen LogP contribution in [0.15, 0.2) is 146 Å². The van der Waals surface area contributed by atoms with E-state index in [1.807, 2.05) is 0 Å². The summed E-state index contributed by atoms with van der Waals surface area (Å²) in [6.45, 7) is 0.144. The predicted octanol–water partition coefficient (Wildman–Crippen LogP) is 8.55. The lowest BCUT2D eigenvalue weighted by molar-refractivity contribution is 1.17. The van der Waals surface area contributed by atoms with Crippen LogP contribution in [-0.4, -0.2) is 15.8 Å². The Balaban J connectivity index is 1.30. The van der Waals surface area contributed by atoms with Gasteiger partial charge in [0.15, 0.2) is 0 Å². The predicted molar refractivity (Wildman–Crippen MR) is 198 cm³/mol. The molecular weight excluding hydrogens is 571 g/mol. The maximum atomic E-state index is 3.89. The summed E-state index contributed by atoms with van der Waals surface area (Å²) in [5.41, 5.74) is 17.7. The number of nitrogens with one attached hydrogen (secondary N) is 1. The first kappa shape index (κ1) is 24.1.